The molecule has 1 heterocycles. The molecule has 0 saturated carbocycles. The molecule has 1 aliphatic heterocycles. The molecule has 0 spiro atoms. The molecule has 1 saturated heterocycles. The Morgan fingerprint density at radius 3 is 2.89 bits per heavy atom. The molecule has 0 aliphatic carbocycles. The van der Waals surface area contributed by atoms with Gasteiger partial charge < -0.3 is 4.90 Å². The fraction of sp³-hybridized carbons (Fsp3) is 0.462. The van der Waals surface area contributed by atoms with Crippen LogP contribution in [-0.2, 0) is 4.79 Å². The van der Waals surface area contributed by atoms with Gasteiger partial charge in [-0.2, -0.15) is 0 Å². The lowest BCUT2D eigenvalue weighted by Gasteiger charge is -2.21. The number of hydrogen-bond acceptors (Lipinski definition) is 2. The molecule has 0 N–H and O–H groups in total. The molecule has 1 aliphatic rings. The summed E-state index contributed by atoms with van der Waals surface area (Å²) < 4.78 is 0.933. The van der Waals surface area contributed by atoms with Crippen LogP contribution in [0.3, 0.4) is 0 Å². The molecule has 2 rings (SSSR count). The third-order valence-corrected chi connectivity index (χ3v) is 3.88. The highest BCUT2D eigenvalue weighted by atomic mass is 79.9. The fourth-order valence-electron chi connectivity index (χ4n) is 2.52. The van der Waals surface area contributed by atoms with E-state index < -0.39 is 0 Å². The van der Waals surface area contributed by atoms with Crippen molar-refractivity contribution in [3.8, 4) is 0 Å². The van der Waals surface area contributed by atoms with E-state index in [9.17, 15) is 4.79 Å². The van der Waals surface area contributed by atoms with Crippen LogP contribution in [0.15, 0.2) is 21.7 Å². The normalized spacial score (nSPS) is 18.6. The fourth-order valence-corrected chi connectivity index (χ4v) is 3.41. The summed E-state index contributed by atoms with van der Waals surface area (Å²) >= 11 is 3.53. The smallest absolute Gasteiger partial charge is 0.227 e. The SMILES string of the molecule is Cc1cc(C)c(N2CC(CN=[N+]=[N-])CC2=O)c(Br)c1. The summed E-state index contributed by atoms with van der Waals surface area (Å²) in [6.07, 6.45) is 0.443. The summed E-state index contributed by atoms with van der Waals surface area (Å²) in [6.45, 7) is 5.01. The minimum Gasteiger partial charge on any atom is -0.311 e. The first-order valence-corrected chi connectivity index (χ1v) is 6.90. The maximum atomic E-state index is 12.1. The number of anilines is 1. The summed E-state index contributed by atoms with van der Waals surface area (Å²) in [5.74, 6) is 0.196. The lowest BCUT2D eigenvalue weighted by molar-refractivity contribution is -0.117. The van der Waals surface area contributed by atoms with E-state index in [-0.39, 0.29) is 11.8 Å². The number of rotatable bonds is 3. The standard InChI is InChI=1S/C13H15BrN4O/c1-8-3-9(2)13(11(14)4-8)18-7-10(5-12(18)19)6-16-17-15/h3-4,10H,5-7H2,1-2H3. The van der Waals surface area contributed by atoms with Crippen molar-refractivity contribution in [2.45, 2.75) is 20.3 Å². The quantitative estimate of drug-likeness (QED) is 0.475. The van der Waals surface area contributed by atoms with Crippen LogP contribution >= 0.6 is 15.9 Å². The van der Waals surface area contributed by atoms with Gasteiger partial charge in [0, 0.05) is 28.9 Å². The molecular weight excluding hydrogens is 308 g/mol. The molecule has 6 heteroatoms. The van der Waals surface area contributed by atoms with E-state index in [2.05, 4.69) is 32.0 Å². The molecule has 1 atom stereocenters. The summed E-state index contributed by atoms with van der Waals surface area (Å²) in [6, 6.07) is 4.07. The Labute approximate surface area is 120 Å². The van der Waals surface area contributed by atoms with Crippen LogP contribution in [0.2, 0.25) is 0 Å². The second-order valence-electron chi connectivity index (χ2n) is 4.90. The van der Waals surface area contributed by atoms with Crippen molar-refractivity contribution in [3.05, 3.63) is 38.2 Å². The van der Waals surface area contributed by atoms with E-state index in [1.807, 2.05) is 19.9 Å². The van der Waals surface area contributed by atoms with Crippen LogP contribution in [0.5, 0.6) is 0 Å². The van der Waals surface area contributed by atoms with Gasteiger partial charge >= 0.3 is 0 Å². The van der Waals surface area contributed by atoms with Gasteiger partial charge in [0.1, 0.15) is 0 Å². The lowest BCUT2D eigenvalue weighted by Crippen LogP contribution is -2.26. The maximum Gasteiger partial charge on any atom is 0.227 e. The van der Waals surface area contributed by atoms with Gasteiger partial charge in [-0.15, -0.1) is 0 Å². The monoisotopic (exact) mass is 322 g/mol. The van der Waals surface area contributed by atoms with E-state index in [4.69, 9.17) is 5.53 Å². The van der Waals surface area contributed by atoms with E-state index in [0.717, 1.165) is 21.3 Å². The van der Waals surface area contributed by atoms with Gasteiger partial charge in [0.05, 0.1) is 5.69 Å². The minimum atomic E-state index is 0.0887. The van der Waals surface area contributed by atoms with Gasteiger partial charge in [-0.05, 0) is 58.4 Å². The zero-order valence-electron chi connectivity index (χ0n) is 10.9. The van der Waals surface area contributed by atoms with E-state index in [0.29, 0.717) is 19.5 Å². The van der Waals surface area contributed by atoms with E-state index in [1.54, 1.807) is 4.90 Å². The van der Waals surface area contributed by atoms with Gasteiger partial charge in [-0.25, -0.2) is 0 Å². The second-order valence-corrected chi connectivity index (χ2v) is 5.75. The first-order chi connectivity index (χ1) is 9.02. The van der Waals surface area contributed by atoms with Crippen molar-refractivity contribution in [1.82, 2.24) is 0 Å². The summed E-state index contributed by atoms with van der Waals surface area (Å²) in [4.78, 5) is 16.7. The number of benzene rings is 1. The largest absolute Gasteiger partial charge is 0.311 e. The zero-order chi connectivity index (χ0) is 14.0. The van der Waals surface area contributed by atoms with Crippen LogP contribution in [0, 0.1) is 19.8 Å². The highest BCUT2D eigenvalue weighted by molar-refractivity contribution is 9.10. The van der Waals surface area contributed by atoms with Crippen molar-refractivity contribution in [3.63, 3.8) is 0 Å². The summed E-state index contributed by atoms with van der Waals surface area (Å²) in [7, 11) is 0. The minimum absolute atomic E-state index is 0.0887. The Kier molecular flexibility index (Phi) is 4.12. The first-order valence-electron chi connectivity index (χ1n) is 6.11. The van der Waals surface area contributed by atoms with E-state index in [1.165, 1.54) is 0 Å². The number of azide groups is 1. The predicted octanol–water partition coefficient (Wildman–Crippen LogP) is 3.73. The molecule has 1 fully saturated rings. The Hall–Kier alpha value is -1.52. The molecule has 0 aromatic heterocycles. The van der Waals surface area contributed by atoms with Crippen LogP contribution in [0.4, 0.5) is 5.69 Å². The number of aryl methyl sites for hydroxylation is 2. The number of hydrogen-bond donors (Lipinski definition) is 0. The van der Waals surface area contributed by atoms with Crippen LogP contribution in [-0.4, -0.2) is 19.0 Å². The number of nitrogens with zero attached hydrogens (tertiary/aromatic N) is 4. The summed E-state index contributed by atoms with van der Waals surface area (Å²) in [5.41, 5.74) is 11.5. The topological polar surface area (TPSA) is 69.1 Å². The summed E-state index contributed by atoms with van der Waals surface area (Å²) in [5, 5.41) is 3.57. The Bertz CT molecular complexity index is 543. The molecule has 1 unspecified atom stereocenters. The average molecular weight is 323 g/mol. The van der Waals surface area contributed by atoms with Crippen LogP contribution in [0.25, 0.3) is 10.4 Å². The molecule has 5 nitrogen and oxygen atoms in total. The predicted molar refractivity (Wildman–Crippen MR) is 78.1 cm³/mol. The third kappa shape index (κ3) is 2.91. The van der Waals surface area contributed by atoms with Crippen LogP contribution < -0.4 is 4.90 Å². The number of amides is 1. The highest BCUT2D eigenvalue weighted by Gasteiger charge is 2.31. The Morgan fingerprint density at radius 1 is 1.53 bits per heavy atom. The van der Waals surface area contributed by atoms with Crippen molar-refractivity contribution >= 4 is 27.5 Å². The van der Waals surface area contributed by atoms with Gasteiger partial charge in [0.2, 0.25) is 5.91 Å². The van der Waals surface area contributed by atoms with Gasteiger partial charge in [0.25, 0.3) is 0 Å². The van der Waals surface area contributed by atoms with Crippen molar-refractivity contribution in [1.29, 1.82) is 0 Å². The Morgan fingerprint density at radius 2 is 2.26 bits per heavy atom. The van der Waals surface area contributed by atoms with Gasteiger partial charge in [-0.1, -0.05) is 11.2 Å². The highest BCUT2D eigenvalue weighted by Crippen LogP contribution is 2.35. The second kappa shape index (κ2) is 5.63. The third-order valence-electron chi connectivity index (χ3n) is 3.28. The Balaban J connectivity index is 2.28. The lowest BCUT2D eigenvalue weighted by atomic mass is 10.1. The molecule has 0 bridgehead atoms. The number of halogens is 1. The molecule has 1 aromatic carbocycles. The van der Waals surface area contributed by atoms with Crippen molar-refractivity contribution < 1.29 is 4.79 Å². The van der Waals surface area contributed by atoms with Crippen LogP contribution in [0.1, 0.15) is 17.5 Å². The average Bonchev–Trinajstić information content (AvgIpc) is 2.67. The number of carbonyl (C=O) groups is 1. The molecular formula is C13H15BrN4O. The maximum absolute atomic E-state index is 12.1. The molecule has 100 valence electrons. The van der Waals surface area contributed by atoms with Crippen molar-refractivity contribution in [2.24, 2.45) is 11.0 Å². The first kappa shape index (κ1) is 13.9. The number of carbonyl (C=O) groups excluding carboxylic acids is 1. The van der Waals surface area contributed by atoms with Crippen molar-refractivity contribution in [2.75, 3.05) is 18.0 Å². The van der Waals surface area contributed by atoms with Gasteiger partial charge in [0.15, 0.2) is 0 Å². The van der Waals surface area contributed by atoms with E-state index >= 15 is 0 Å². The molecule has 19 heavy (non-hydrogen) atoms. The molecule has 1 amide bonds. The molecule has 1 aromatic rings. The molecule has 0 radical (unpaired) electrons. The van der Waals surface area contributed by atoms with Gasteiger partial charge in [-0.3, -0.25) is 4.79 Å². The zero-order valence-corrected chi connectivity index (χ0v) is 12.5.